The fourth-order valence-electron chi connectivity index (χ4n) is 4.89. The average Bonchev–Trinajstić information content (AvgIpc) is 2.73. The molecule has 2 aliphatic carbocycles. The number of hydrogen-bond donors (Lipinski definition) is 0. The van der Waals surface area contributed by atoms with Gasteiger partial charge in [-0.1, -0.05) is 45.8 Å². The molecule has 2 saturated carbocycles. The summed E-state index contributed by atoms with van der Waals surface area (Å²) in [7, 11) is 0. The van der Waals surface area contributed by atoms with Crippen molar-refractivity contribution >= 4 is 0 Å². The van der Waals surface area contributed by atoms with Crippen LogP contribution in [0.5, 0.6) is 0 Å². The summed E-state index contributed by atoms with van der Waals surface area (Å²) in [5.74, 6) is 1.74. The highest BCUT2D eigenvalue weighted by atomic mass is 14.5. The first-order valence-electron chi connectivity index (χ1n) is 7.54. The number of allylic oxidation sites excluding steroid dienone is 1. The van der Waals surface area contributed by atoms with Crippen LogP contribution in [-0.2, 0) is 0 Å². The maximum absolute atomic E-state index is 4.37. The molecule has 3 atom stereocenters. The topological polar surface area (TPSA) is 0 Å². The molecule has 0 N–H and O–H groups in total. The first-order valence-corrected chi connectivity index (χ1v) is 7.54. The Balaban J connectivity index is 2.20. The van der Waals surface area contributed by atoms with E-state index in [0.717, 1.165) is 11.8 Å². The van der Waals surface area contributed by atoms with Crippen LogP contribution in [0.1, 0.15) is 72.6 Å². The molecular formula is C17H30. The smallest absolute Gasteiger partial charge is 0.00601 e. The van der Waals surface area contributed by atoms with Gasteiger partial charge in [0.05, 0.1) is 0 Å². The molecular weight excluding hydrogens is 204 g/mol. The van der Waals surface area contributed by atoms with Crippen molar-refractivity contribution in [2.45, 2.75) is 72.6 Å². The second kappa shape index (κ2) is 4.44. The van der Waals surface area contributed by atoms with Gasteiger partial charge in [-0.25, -0.2) is 0 Å². The second-order valence-corrected chi connectivity index (χ2v) is 7.58. The predicted octanol–water partition coefficient (Wildman–Crippen LogP) is 5.59. The van der Waals surface area contributed by atoms with Gasteiger partial charge in [0.15, 0.2) is 0 Å². The molecule has 0 amide bonds. The molecule has 0 spiro atoms. The lowest BCUT2D eigenvalue weighted by Crippen LogP contribution is -2.32. The third kappa shape index (κ3) is 2.33. The van der Waals surface area contributed by atoms with Crippen LogP contribution in [0.2, 0.25) is 0 Å². The SMILES string of the molecule is C=C(C)C1(CC2(C)CCCC2)CC(C)CC1C. The maximum Gasteiger partial charge on any atom is -0.00601 e. The van der Waals surface area contributed by atoms with E-state index >= 15 is 0 Å². The molecule has 2 fully saturated rings. The lowest BCUT2D eigenvalue weighted by Gasteiger charge is -2.41. The molecule has 0 bridgehead atoms. The van der Waals surface area contributed by atoms with Crippen LogP contribution in [-0.4, -0.2) is 0 Å². The first-order chi connectivity index (χ1) is 7.88. The van der Waals surface area contributed by atoms with Crippen molar-refractivity contribution in [3.05, 3.63) is 12.2 Å². The second-order valence-electron chi connectivity index (χ2n) is 7.58. The Labute approximate surface area is 108 Å². The Morgan fingerprint density at radius 1 is 1.24 bits per heavy atom. The van der Waals surface area contributed by atoms with Crippen LogP contribution in [0.25, 0.3) is 0 Å². The monoisotopic (exact) mass is 234 g/mol. The minimum absolute atomic E-state index is 0.457. The summed E-state index contributed by atoms with van der Waals surface area (Å²) in [5.41, 5.74) is 2.53. The third-order valence-electron chi connectivity index (χ3n) is 5.81. The van der Waals surface area contributed by atoms with Gasteiger partial charge >= 0.3 is 0 Å². The summed E-state index contributed by atoms with van der Waals surface area (Å²) in [5, 5.41) is 0. The quantitative estimate of drug-likeness (QED) is 0.559. The molecule has 3 unspecified atom stereocenters. The Bertz CT molecular complexity index is 295. The van der Waals surface area contributed by atoms with Crippen LogP contribution < -0.4 is 0 Å². The summed E-state index contributed by atoms with van der Waals surface area (Å²) in [6, 6.07) is 0. The molecule has 2 rings (SSSR count). The highest BCUT2D eigenvalue weighted by Gasteiger charge is 2.48. The van der Waals surface area contributed by atoms with Gasteiger partial charge in [-0.05, 0) is 61.7 Å². The van der Waals surface area contributed by atoms with E-state index < -0.39 is 0 Å². The van der Waals surface area contributed by atoms with Crippen LogP contribution >= 0.6 is 0 Å². The molecule has 98 valence electrons. The van der Waals surface area contributed by atoms with E-state index in [9.17, 15) is 0 Å². The molecule has 0 heterocycles. The Kier molecular flexibility index (Phi) is 3.45. The van der Waals surface area contributed by atoms with Crippen molar-refractivity contribution in [2.75, 3.05) is 0 Å². The summed E-state index contributed by atoms with van der Waals surface area (Å²) in [4.78, 5) is 0. The lowest BCUT2D eigenvalue weighted by atomic mass is 9.63. The van der Waals surface area contributed by atoms with Gasteiger partial charge in [0.2, 0.25) is 0 Å². The van der Waals surface area contributed by atoms with Crippen molar-refractivity contribution in [2.24, 2.45) is 22.7 Å². The van der Waals surface area contributed by atoms with E-state index in [-0.39, 0.29) is 0 Å². The first kappa shape index (κ1) is 13.2. The van der Waals surface area contributed by atoms with E-state index in [0.29, 0.717) is 10.8 Å². The molecule has 0 aromatic heterocycles. The summed E-state index contributed by atoms with van der Waals surface area (Å²) in [6.07, 6.45) is 9.99. The molecule has 0 saturated heterocycles. The fourth-order valence-corrected chi connectivity index (χ4v) is 4.89. The van der Waals surface area contributed by atoms with Gasteiger partial charge in [0, 0.05) is 0 Å². The van der Waals surface area contributed by atoms with E-state index in [1.54, 1.807) is 0 Å². The van der Waals surface area contributed by atoms with Crippen LogP contribution in [0.4, 0.5) is 0 Å². The van der Waals surface area contributed by atoms with Gasteiger partial charge in [-0.15, -0.1) is 0 Å². The molecule has 2 aliphatic rings. The molecule has 0 aromatic carbocycles. The summed E-state index contributed by atoms with van der Waals surface area (Å²) in [6.45, 7) is 14.1. The predicted molar refractivity (Wildman–Crippen MR) is 76.0 cm³/mol. The molecule has 0 aromatic rings. The van der Waals surface area contributed by atoms with Crippen LogP contribution in [0.15, 0.2) is 12.2 Å². The van der Waals surface area contributed by atoms with Gasteiger partial charge in [0.25, 0.3) is 0 Å². The summed E-state index contributed by atoms with van der Waals surface area (Å²) >= 11 is 0. The Morgan fingerprint density at radius 3 is 2.24 bits per heavy atom. The number of hydrogen-bond acceptors (Lipinski definition) is 0. The number of rotatable bonds is 3. The zero-order valence-electron chi connectivity index (χ0n) is 12.3. The summed E-state index contributed by atoms with van der Waals surface area (Å²) < 4.78 is 0. The normalized spacial score (nSPS) is 40.7. The largest absolute Gasteiger partial charge is 0.0996 e. The zero-order valence-corrected chi connectivity index (χ0v) is 12.3. The van der Waals surface area contributed by atoms with E-state index in [4.69, 9.17) is 0 Å². The van der Waals surface area contributed by atoms with Crippen molar-refractivity contribution in [3.63, 3.8) is 0 Å². The Morgan fingerprint density at radius 2 is 1.82 bits per heavy atom. The highest BCUT2D eigenvalue weighted by molar-refractivity contribution is 5.15. The van der Waals surface area contributed by atoms with Crippen LogP contribution in [0.3, 0.4) is 0 Å². The van der Waals surface area contributed by atoms with Gasteiger partial charge in [0.1, 0.15) is 0 Å². The fraction of sp³-hybridized carbons (Fsp3) is 0.882. The van der Waals surface area contributed by atoms with E-state index in [2.05, 4.69) is 34.3 Å². The minimum Gasteiger partial charge on any atom is -0.0996 e. The van der Waals surface area contributed by atoms with Crippen molar-refractivity contribution < 1.29 is 0 Å². The van der Waals surface area contributed by atoms with E-state index in [1.165, 1.54) is 50.5 Å². The standard InChI is InChI=1S/C17H30/c1-13(2)17(11-14(3)10-15(17)4)12-16(5)8-6-7-9-16/h14-15H,1,6-12H2,2-5H3. The van der Waals surface area contributed by atoms with Gasteiger partial charge < -0.3 is 0 Å². The van der Waals surface area contributed by atoms with E-state index in [1.807, 2.05) is 0 Å². The highest BCUT2D eigenvalue weighted by Crippen LogP contribution is 2.58. The third-order valence-corrected chi connectivity index (χ3v) is 5.81. The molecule has 0 heteroatoms. The molecule has 0 aliphatic heterocycles. The van der Waals surface area contributed by atoms with Gasteiger partial charge in [-0.3, -0.25) is 0 Å². The average molecular weight is 234 g/mol. The Hall–Kier alpha value is -0.260. The van der Waals surface area contributed by atoms with Crippen molar-refractivity contribution in [1.29, 1.82) is 0 Å². The minimum atomic E-state index is 0.457. The molecule has 0 nitrogen and oxygen atoms in total. The molecule has 17 heavy (non-hydrogen) atoms. The molecule has 0 radical (unpaired) electrons. The van der Waals surface area contributed by atoms with Crippen LogP contribution in [0, 0.1) is 22.7 Å². The van der Waals surface area contributed by atoms with Crippen molar-refractivity contribution in [1.82, 2.24) is 0 Å². The van der Waals surface area contributed by atoms with Crippen molar-refractivity contribution in [3.8, 4) is 0 Å². The lowest BCUT2D eigenvalue weighted by molar-refractivity contribution is 0.143. The zero-order chi connectivity index (χ0) is 12.7. The maximum atomic E-state index is 4.37. The van der Waals surface area contributed by atoms with Gasteiger partial charge in [-0.2, -0.15) is 0 Å².